The first-order chi connectivity index (χ1) is 17.1. The van der Waals surface area contributed by atoms with Crippen LogP contribution in [0.15, 0.2) is 88.7 Å². The highest BCUT2D eigenvalue weighted by Gasteiger charge is 2.16. The molecule has 3 aromatic carbocycles. The van der Waals surface area contributed by atoms with E-state index in [0.717, 1.165) is 27.0 Å². The van der Waals surface area contributed by atoms with E-state index in [9.17, 15) is 0 Å². The third kappa shape index (κ3) is 9.26. The average Bonchev–Trinajstić information content (AvgIpc) is 2.88. The van der Waals surface area contributed by atoms with Gasteiger partial charge in [0, 0.05) is 9.79 Å². The molecule has 0 aliphatic rings. The summed E-state index contributed by atoms with van der Waals surface area (Å²) in [6.45, 7) is 4.45. The molecule has 0 bridgehead atoms. The van der Waals surface area contributed by atoms with Gasteiger partial charge >= 0.3 is 0 Å². The zero-order valence-electron chi connectivity index (χ0n) is 20.5. The largest absolute Gasteiger partial charge is 0.347 e. The van der Waals surface area contributed by atoms with Gasteiger partial charge in [-0.25, -0.2) is 0 Å². The van der Waals surface area contributed by atoms with Gasteiger partial charge in [0.05, 0.1) is 0 Å². The quantitative estimate of drug-likeness (QED) is 0.144. The number of hydrogen-bond donors (Lipinski definition) is 2. The minimum absolute atomic E-state index is 0.207. The molecule has 35 heavy (non-hydrogen) atoms. The molecule has 2 nitrogen and oxygen atoms in total. The molecular weight excluding hydrogens is 505 g/mol. The van der Waals surface area contributed by atoms with Crippen LogP contribution in [0.5, 0.6) is 0 Å². The number of rotatable bonds is 11. The standard InChI is InChI=1S/C29H34N2S4/c1-3-5-14-22-16-10-12-20-25(22)34-28(32)30-27(24-18-8-7-9-19-24)31-29(33)35-26-21-13-11-17-23(26)15-6-4-2/h7-13,16-21,27H,3-6,14-15H2,1-2H3,(H,30,32)(H,31,33). The molecule has 0 fully saturated rings. The molecule has 0 saturated carbocycles. The predicted molar refractivity (Wildman–Crippen MR) is 162 cm³/mol. The summed E-state index contributed by atoms with van der Waals surface area (Å²) in [4.78, 5) is 2.43. The van der Waals surface area contributed by atoms with Gasteiger partial charge in [-0.05, 0) is 54.5 Å². The first-order valence-electron chi connectivity index (χ1n) is 12.3. The number of nitrogens with one attached hydrogen (secondary N) is 2. The van der Waals surface area contributed by atoms with Gasteiger partial charge in [-0.3, -0.25) is 0 Å². The van der Waals surface area contributed by atoms with E-state index >= 15 is 0 Å². The molecule has 2 N–H and O–H groups in total. The van der Waals surface area contributed by atoms with Crippen molar-refractivity contribution >= 4 is 56.6 Å². The second-order valence-electron chi connectivity index (χ2n) is 8.33. The molecular formula is C29H34N2S4. The van der Waals surface area contributed by atoms with Crippen LogP contribution in [0, 0.1) is 0 Å². The first-order valence-corrected chi connectivity index (χ1v) is 14.7. The lowest BCUT2D eigenvalue weighted by atomic mass is 10.1. The molecule has 0 amide bonds. The third-order valence-electron chi connectivity index (χ3n) is 5.61. The molecule has 6 heteroatoms. The van der Waals surface area contributed by atoms with E-state index in [1.165, 1.54) is 46.6 Å². The van der Waals surface area contributed by atoms with E-state index in [1.807, 2.05) is 18.2 Å². The van der Waals surface area contributed by atoms with Crippen molar-refractivity contribution in [3.8, 4) is 0 Å². The Labute approximate surface area is 230 Å². The van der Waals surface area contributed by atoms with Gasteiger partial charge < -0.3 is 10.6 Å². The second kappa shape index (κ2) is 15.3. The zero-order chi connectivity index (χ0) is 24.9. The highest BCUT2D eigenvalue weighted by molar-refractivity contribution is 8.23. The molecule has 0 aliphatic carbocycles. The highest BCUT2D eigenvalue weighted by Crippen LogP contribution is 2.28. The summed E-state index contributed by atoms with van der Waals surface area (Å²) in [5.41, 5.74) is 3.79. The number of thioether (sulfide) groups is 2. The van der Waals surface area contributed by atoms with Gasteiger partial charge in [0.25, 0.3) is 0 Å². The van der Waals surface area contributed by atoms with Crippen LogP contribution in [0.3, 0.4) is 0 Å². The van der Waals surface area contributed by atoms with Crippen molar-refractivity contribution in [3.63, 3.8) is 0 Å². The first kappa shape index (κ1) is 27.7. The lowest BCUT2D eigenvalue weighted by Gasteiger charge is -2.23. The van der Waals surface area contributed by atoms with Crippen molar-refractivity contribution in [1.82, 2.24) is 10.6 Å². The van der Waals surface area contributed by atoms with Crippen molar-refractivity contribution in [3.05, 3.63) is 95.6 Å². The Kier molecular flexibility index (Phi) is 12.1. The summed E-state index contributed by atoms with van der Waals surface area (Å²) in [7, 11) is 0. The van der Waals surface area contributed by atoms with E-state index in [1.54, 1.807) is 23.5 Å². The molecule has 0 unspecified atom stereocenters. The molecule has 0 aromatic heterocycles. The van der Waals surface area contributed by atoms with E-state index in [-0.39, 0.29) is 6.17 Å². The topological polar surface area (TPSA) is 24.1 Å². The van der Waals surface area contributed by atoms with Crippen LogP contribution in [0.4, 0.5) is 0 Å². The highest BCUT2D eigenvalue weighted by atomic mass is 32.2. The molecule has 0 heterocycles. The molecule has 0 saturated heterocycles. The number of unbranched alkanes of at least 4 members (excludes halogenated alkanes) is 2. The summed E-state index contributed by atoms with van der Waals surface area (Å²) in [6, 6.07) is 27.4. The summed E-state index contributed by atoms with van der Waals surface area (Å²) < 4.78 is 1.46. The number of thiocarbonyl (C=S) groups is 2. The van der Waals surface area contributed by atoms with Gasteiger partial charge in [0.2, 0.25) is 0 Å². The third-order valence-corrected chi connectivity index (χ3v) is 8.19. The predicted octanol–water partition coefficient (Wildman–Crippen LogP) is 8.70. The molecule has 3 rings (SSSR count). The van der Waals surface area contributed by atoms with E-state index in [4.69, 9.17) is 24.4 Å². The summed E-state index contributed by atoms with van der Waals surface area (Å²) in [5.74, 6) is 0. The van der Waals surface area contributed by atoms with E-state index < -0.39 is 0 Å². The van der Waals surface area contributed by atoms with Gasteiger partial charge in [-0.1, -0.05) is 141 Å². The van der Waals surface area contributed by atoms with Crippen LogP contribution in [-0.4, -0.2) is 8.64 Å². The van der Waals surface area contributed by atoms with E-state index in [0.29, 0.717) is 0 Å². The van der Waals surface area contributed by atoms with Crippen LogP contribution in [-0.2, 0) is 12.8 Å². The molecule has 3 aromatic rings. The van der Waals surface area contributed by atoms with Crippen molar-refractivity contribution in [2.45, 2.75) is 68.3 Å². The number of benzene rings is 3. The summed E-state index contributed by atoms with van der Waals surface area (Å²) in [5, 5.41) is 7.03. The lowest BCUT2D eigenvalue weighted by molar-refractivity contribution is 0.625. The molecule has 184 valence electrons. The SMILES string of the molecule is CCCCc1ccccc1SC(=S)NC(NC(=S)Sc1ccccc1CCCC)c1ccccc1. The van der Waals surface area contributed by atoms with Crippen LogP contribution in [0.25, 0.3) is 0 Å². The van der Waals surface area contributed by atoms with Crippen LogP contribution in [0.1, 0.15) is 62.4 Å². The van der Waals surface area contributed by atoms with Crippen molar-refractivity contribution in [2.75, 3.05) is 0 Å². The smallest absolute Gasteiger partial charge is 0.140 e. The van der Waals surface area contributed by atoms with Crippen molar-refractivity contribution in [1.29, 1.82) is 0 Å². The van der Waals surface area contributed by atoms with Gasteiger partial charge in [0.1, 0.15) is 14.8 Å². The summed E-state index contributed by atoms with van der Waals surface area (Å²) in [6.07, 6.45) is 6.65. The summed E-state index contributed by atoms with van der Waals surface area (Å²) >= 11 is 14.8. The number of hydrogen-bond acceptors (Lipinski definition) is 4. The maximum atomic E-state index is 5.80. The van der Waals surface area contributed by atoms with Crippen LogP contribution >= 0.6 is 48.0 Å². The minimum atomic E-state index is -0.207. The Morgan fingerprint density at radius 2 is 1.09 bits per heavy atom. The van der Waals surface area contributed by atoms with Gasteiger partial charge in [0.15, 0.2) is 0 Å². The Balaban J connectivity index is 1.70. The Morgan fingerprint density at radius 1 is 0.657 bits per heavy atom. The Bertz CT molecular complexity index is 1020. The van der Waals surface area contributed by atoms with Crippen LogP contribution in [0.2, 0.25) is 0 Å². The zero-order valence-corrected chi connectivity index (χ0v) is 23.7. The molecule has 0 radical (unpaired) electrons. The maximum absolute atomic E-state index is 5.80. The van der Waals surface area contributed by atoms with E-state index in [2.05, 4.69) is 85.1 Å². The fourth-order valence-corrected chi connectivity index (χ4v) is 6.12. The van der Waals surface area contributed by atoms with Crippen molar-refractivity contribution in [2.24, 2.45) is 0 Å². The van der Waals surface area contributed by atoms with Gasteiger partial charge in [-0.2, -0.15) is 0 Å². The van der Waals surface area contributed by atoms with Crippen LogP contribution < -0.4 is 10.6 Å². The van der Waals surface area contributed by atoms with Gasteiger partial charge in [-0.15, -0.1) is 0 Å². The number of aryl methyl sites for hydroxylation is 2. The average molecular weight is 539 g/mol. The fraction of sp³-hybridized carbons (Fsp3) is 0.310. The maximum Gasteiger partial charge on any atom is 0.140 e. The monoisotopic (exact) mass is 538 g/mol. The lowest BCUT2D eigenvalue weighted by Crippen LogP contribution is -2.38. The Morgan fingerprint density at radius 3 is 1.54 bits per heavy atom. The normalized spacial score (nSPS) is 10.8. The molecule has 0 spiro atoms. The van der Waals surface area contributed by atoms with Crippen molar-refractivity contribution < 1.29 is 0 Å². The molecule has 0 aliphatic heterocycles. The minimum Gasteiger partial charge on any atom is -0.347 e. The molecule has 0 atom stereocenters. The second-order valence-corrected chi connectivity index (χ2v) is 11.8. The fourth-order valence-electron chi connectivity index (χ4n) is 3.70. The Hall–Kier alpha value is -1.86.